The topological polar surface area (TPSA) is 102 Å². The van der Waals surface area contributed by atoms with Crippen LogP contribution in [0.5, 0.6) is 0 Å². The first-order chi connectivity index (χ1) is 17.1. The molecule has 2 heterocycles. The Morgan fingerprint density at radius 2 is 1.77 bits per heavy atom. The maximum absolute atomic E-state index is 14.0. The van der Waals surface area contributed by atoms with Crippen molar-refractivity contribution in [2.24, 2.45) is 4.99 Å². The lowest BCUT2D eigenvalue weighted by Gasteiger charge is -2.08. The minimum absolute atomic E-state index is 0.0597. The maximum Gasteiger partial charge on any atom is 0.282 e. The molecule has 35 heavy (non-hydrogen) atoms. The van der Waals surface area contributed by atoms with Gasteiger partial charge in [-0.15, -0.1) is 5.10 Å². The minimum Gasteiger partial charge on any atom is -0.267 e. The second-order valence-corrected chi connectivity index (χ2v) is 8.72. The molecule has 5 rings (SSSR count). The third-order valence-corrected chi connectivity index (χ3v) is 6.48. The Labute approximate surface area is 203 Å². The van der Waals surface area contributed by atoms with Crippen LogP contribution in [0.2, 0.25) is 0 Å². The van der Waals surface area contributed by atoms with Gasteiger partial charge in [-0.25, -0.2) is 14.2 Å². The van der Waals surface area contributed by atoms with Crippen molar-refractivity contribution in [3.63, 3.8) is 0 Å². The van der Waals surface area contributed by atoms with Crippen LogP contribution in [0.4, 0.5) is 4.39 Å². The summed E-state index contributed by atoms with van der Waals surface area (Å²) in [7, 11) is 0. The maximum atomic E-state index is 14.0. The largest absolute Gasteiger partial charge is 0.282 e. The van der Waals surface area contributed by atoms with E-state index in [1.165, 1.54) is 23.5 Å². The van der Waals surface area contributed by atoms with Gasteiger partial charge >= 0.3 is 0 Å². The highest BCUT2D eigenvalue weighted by Crippen LogP contribution is 2.29. The summed E-state index contributed by atoms with van der Waals surface area (Å²) >= 11 is 1.33. The zero-order valence-corrected chi connectivity index (χ0v) is 19.5. The van der Waals surface area contributed by atoms with Gasteiger partial charge in [-0.1, -0.05) is 78.9 Å². The number of hydrogen-bond donors (Lipinski definition) is 1. The van der Waals surface area contributed by atoms with E-state index in [0.29, 0.717) is 23.6 Å². The lowest BCUT2D eigenvalue weighted by Crippen LogP contribution is -2.19. The number of carbonyl (C=O) groups is 1. The van der Waals surface area contributed by atoms with E-state index in [1.807, 2.05) is 55.5 Å². The Hall–Kier alpha value is -4.31. The Kier molecular flexibility index (Phi) is 6.36. The first-order valence-corrected chi connectivity index (χ1v) is 11.8. The number of H-pyrrole nitrogens is 1. The number of rotatable bonds is 6. The minimum atomic E-state index is -0.628. The number of aromatic amines is 1. The fourth-order valence-corrected chi connectivity index (χ4v) is 4.48. The molecular weight excluding hydrogens is 465 g/mol. The molecule has 3 aromatic carbocycles. The molecule has 1 amide bonds. The summed E-state index contributed by atoms with van der Waals surface area (Å²) in [6, 6.07) is 21.8. The van der Waals surface area contributed by atoms with Crippen LogP contribution in [0.1, 0.15) is 27.9 Å². The van der Waals surface area contributed by atoms with Crippen LogP contribution in [0.3, 0.4) is 0 Å². The van der Waals surface area contributed by atoms with E-state index in [2.05, 4.69) is 30.7 Å². The standard InChI is InChI=1S/C25H20FN7OS/c1-2-22-30-33(25(35-22)27-24(34)20-9-5-6-10-21(20)26)15-16-11-13-17(14-12-16)18-7-3-4-8-19(18)23-28-31-32-29-23/h3-14H,2,15H2,1H3,(H,28,29,31,32). The summed E-state index contributed by atoms with van der Waals surface area (Å²) in [6.45, 7) is 2.41. The number of nitrogens with one attached hydrogen (secondary N) is 1. The number of tetrazole rings is 1. The number of carbonyl (C=O) groups excluding carboxylic acids is 1. The fraction of sp³-hybridized carbons (Fsp3) is 0.120. The van der Waals surface area contributed by atoms with Gasteiger partial charge in [-0.2, -0.15) is 10.1 Å². The summed E-state index contributed by atoms with van der Waals surface area (Å²) in [5, 5.41) is 19.6. The van der Waals surface area contributed by atoms with Gasteiger partial charge in [0.15, 0.2) is 5.82 Å². The molecule has 10 heteroatoms. The van der Waals surface area contributed by atoms with Crippen molar-refractivity contribution in [2.75, 3.05) is 0 Å². The average molecular weight is 486 g/mol. The smallest absolute Gasteiger partial charge is 0.267 e. The highest BCUT2D eigenvalue weighted by Gasteiger charge is 2.13. The Bertz CT molecular complexity index is 1540. The highest BCUT2D eigenvalue weighted by atomic mass is 32.1. The number of aromatic nitrogens is 6. The molecule has 2 aromatic heterocycles. The molecule has 8 nitrogen and oxygen atoms in total. The molecule has 0 bridgehead atoms. The molecular formula is C25H20FN7OS. The first kappa shape index (κ1) is 22.5. The molecule has 1 N–H and O–H groups in total. The molecule has 0 aliphatic rings. The molecule has 0 saturated heterocycles. The van der Waals surface area contributed by atoms with Crippen molar-refractivity contribution < 1.29 is 9.18 Å². The van der Waals surface area contributed by atoms with Crippen LogP contribution in [-0.4, -0.2) is 36.3 Å². The average Bonchev–Trinajstić information content (AvgIpc) is 3.55. The molecule has 0 unspecified atom stereocenters. The molecule has 0 aliphatic heterocycles. The molecule has 0 aliphatic carbocycles. The van der Waals surface area contributed by atoms with E-state index < -0.39 is 11.7 Å². The van der Waals surface area contributed by atoms with E-state index in [0.717, 1.165) is 27.3 Å². The molecule has 5 aromatic rings. The van der Waals surface area contributed by atoms with Crippen molar-refractivity contribution in [2.45, 2.75) is 19.9 Å². The van der Waals surface area contributed by atoms with Gasteiger partial charge in [0, 0.05) is 5.56 Å². The van der Waals surface area contributed by atoms with E-state index >= 15 is 0 Å². The van der Waals surface area contributed by atoms with Crippen LogP contribution in [0, 0.1) is 5.82 Å². The highest BCUT2D eigenvalue weighted by molar-refractivity contribution is 7.08. The number of nitrogens with zero attached hydrogens (tertiary/aromatic N) is 6. The van der Waals surface area contributed by atoms with E-state index in [9.17, 15) is 9.18 Å². The van der Waals surface area contributed by atoms with Crippen LogP contribution in [0.15, 0.2) is 77.8 Å². The predicted octanol–water partition coefficient (Wildman–Crippen LogP) is 4.28. The summed E-state index contributed by atoms with van der Waals surface area (Å²) in [6.07, 6.45) is 0.709. The third kappa shape index (κ3) is 4.82. The van der Waals surface area contributed by atoms with Gasteiger partial charge in [0.2, 0.25) is 4.80 Å². The van der Waals surface area contributed by atoms with Gasteiger partial charge in [-0.3, -0.25) is 4.79 Å². The summed E-state index contributed by atoms with van der Waals surface area (Å²) < 4.78 is 15.7. The zero-order chi connectivity index (χ0) is 24.2. The Morgan fingerprint density at radius 3 is 2.49 bits per heavy atom. The summed E-state index contributed by atoms with van der Waals surface area (Å²) in [5.41, 5.74) is 3.84. The molecule has 0 saturated carbocycles. The first-order valence-electron chi connectivity index (χ1n) is 10.9. The van der Waals surface area contributed by atoms with Crippen molar-refractivity contribution in [3.8, 4) is 22.5 Å². The molecule has 0 atom stereocenters. The fourth-order valence-electron chi connectivity index (χ4n) is 3.64. The Morgan fingerprint density at radius 1 is 1.03 bits per heavy atom. The van der Waals surface area contributed by atoms with Crippen molar-refractivity contribution >= 4 is 17.2 Å². The molecule has 0 spiro atoms. The number of hydrogen-bond acceptors (Lipinski definition) is 6. The van der Waals surface area contributed by atoms with Crippen LogP contribution >= 0.6 is 11.3 Å². The van der Waals surface area contributed by atoms with Gasteiger partial charge in [0.1, 0.15) is 10.8 Å². The van der Waals surface area contributed by atoms with Gasteiger partial charge in [0.25, 0.3) is 5.91 Å². The monoisotopic (exact) mass is 485 g/mol. The lowest BCUT2D eigenvalue weighted by molar-refractivity contribution is 0.0993. The van der Waals surface area contributed by atoms with E-state index in [1.54, 1.807) is 16.8 Å². The number of amides is 1. The number of benzene rings is 3. The quantitative estimate of drug-likeness (QED) is 0.387. The SMILES string of the molecule is CCc1nn(Cc2ccc(-c3ccccc3-c3nnn[nH]3)cc2)c(=NC(=O)c2ccccc2F)s1. The second kappa shape index (κ2) is 9.90. The second-order valence-electron chi connectivity index (χ2n) is 7.68. The van der Waals surface area contributed by atoms with Crippen molar-refractivity contribution in [1.82, 2.24) is 30.4 Å². The number of halogens is 1. The Balaban J connectivity index is 1.44. The predicted molar refractivity (Wildman–Crippen MR) is 130 cm³/mol. The van der Waals surface area contributed by atoms with Crippen LogP contribution in [0.25, 0.3) is 22.5 Å². The molecule has 0 fully saturated rings. The molecule has 174 valence electrons. The lowest BCUT2D eigenvalue weighted by atomic mass is 9.98. The normalized spacial score (nSPS) is 11.7. The third-order valence-electron chi connectivity index (χ3n) is 5.39. The van der Waals surface area contributed by atoms with E-state index in [4.69, 9.17) is 0 Å². The zero-order valence-electron chi connectivity index (χ0n) is 18.7. The van der Waals surface area contributed by atoms with E-state index in [-0.39, 0.29) is 5.56 Å². The van der Waals surface area contributed by atoms with Crippen molar-refractivity contribution in [1.29, 1.82) is 0 Å². The number of aryl methyl sites for hydroxylation is 1. The molecule has 0 radical (unpaired) electrons. The van der Waals surface area contributed by atoms with Crippen molar-refractivity contribution in [3.05, 3.63) is 99.5 Å². The van der Waals surface area contributed by atoms with Crippen LogP contribution < -0.4 is 4.80 Å². The van der Waals surface area contributed by atoms with Gasteiger partial charge in [0.05, 0.1) is 12.1 Å². The summed E-state index contributed by atoms with van der Waals surface area (Å²) in [5.74, 6) is -0.623. The summed E-state index contributed by atoms with van der Waals surface area (Å²) in [4.78, 5) is 17.2. The van der Waals surface area contributed by atoms with Gasteiger partial charge in [-0.05, 0) is 45.7 Å². The van der Waals surface area contributed by atoms with Gasteiger partial charge < -0.3 is 0 Å². The van der Waals surface area contributed by atoms with Crippen LogP contribution in [-0.2, 0) is 13.0 Å².